The molecule has 0 unspecified atom stereocenters. The predicted molar refractivity (Wildman–Crippen MR) is 158 cm³/mol. The third-order valence-electron chi connectivity index (χ3n) is 6.72. The van der Waals surface area contributed by atoms with Crippen LogP contribution in [0.5, 0.6) is 5.75 Å². The van der Waals surface area contributed by atoms with Crippen molar-refractivity contribution in [3.05, 3.63) is 88.9 Å². The van der Waals surface area contributed by atoms with E-state index < -0.39 is 28.5 Å². The van der Waals surface area contributed by atoms with Gasteiger partial charge in [0.15, 0.2) is 0 Å². The average Bonchev–Trinajstić information content (AvgIpc) is 2.95. The summed E-state index contributed by atoms with van der Waals surface area (Å²) in [5, 5.41) is 3.37. The molecule has 3 aromatic rings. The van der Waals surface area contributed by atoms with E-state index in [0.29, 0.717) is 22.0 Å². The summed E-state index contributed by atoms with van der Waals surface area (Å²) in [4.78, 5) is 28.6. The maximum absolute atomic E-state index is 14.0. The summed E-state index contributed by atoms with van der Waals surface area (Å²) >= 11 is 6.15. The Morgan fingerprint density at radius 2 is 1.65 bits per heavy atom. The summed E-state index contributed by atoms with van der Waals surface area (Å²) < 4.78 is 34.1. The Kier molecular flexibility index (Phi) is 10.6. The van der Waals surface area contributed by atoms with Gasteiger partial charge in [0.1, 0.15) is 18.3 Å². The fourth-order valence-corrected chi connectivity index (χ4v) is 5.83. The van der Waals surface area contributed by atoms with Gasteiger partial charge in [0, 0.05) is 17.6 Å². The van der Waals surface area contributed by atoms with Crippen LogP contribution >= 0.6 is 11.6 Å². The minimum atomic E-state index is -4.14. The molecule has 2 amide bonds. The number of rotatable bonds is 12. The molecule has 2 atom stereocenters. The molecule has 3 aromatic carbocycles. The SMILES string of the molecule is CC[C@H](C)NC(=O)[C@@H](C)N(Cc1ccc(OC)cc1)C(=O)CN(c1ccc(Cl)cc1C)S(=O)(=O)c1ccccc1. The van der Waals surface area contributed by atoms with Gasteiger partial charge < -0.3 is 15.0 Å². The van der Waals surface area contributed by atoms with Gasteiger partial charge in [-0.15, -0.1) is 0 Å². The number of halogens is 1. The normalized spacial score (nSPS) is 12.8. The number of anilines is 1. The van der Waals surface area contributed by atoms with Gasteiger partial charge in [-0.1, -0.05) is 48.9 Å². The summed E-state index contributed by atoms with van der Waals surface area (Å²) in [5.74, 6) is -0.199. The Morgan fingerprint density at radius 1 is 1.00 bits per heavy atom. The van der Waals surface area contributed by atoms with E-state index in [9.17, 15) is 18.0 Å². The fraction of sp³-hybridized carbons (Fsp3) is 0.333. The van der Waals surface area contributed by atoms with Crippen molar-refractivity contribution in [1.82, 2.24) is 10.2 Å². The van der Waals surface area contributed by atoms with E-state index in [1.807, 2.05) is 13.8 Å². The molecule has 0 saturated carbocycles. The highest BCUT2D eigenvalue weighted by molar-refractivity contribution is 7.92. The van der Waals surface area contributed by atoms with E-state index in [-0.39, 0.29) is 23.4 Å². The fourth-order valence-electron chi connectivity index (χ4n) is 4.11. The molecule has 0 aromatic heterocycles. The lowest BCUT2D eigenvalue weighted by Crippen LogP contribution is -2.52. The summed E-state index contributed by atoms with van der Waals surface area (Å²) in [7, 11) is -2.58. The van der Waals surface area contributed by atoms with Crippen LogP contribution in [0.25, 0.3) is 0 Å². The maximum atomic E-state index is 14.0. The first-order valence-electron chi connectivity index (χ1n) is 13.0. The molecular formula is C30H36ClN3O5S. The Morgan fingerprint density at radius 3 is 2.23 bits per heavy atom. The van der Waals surface area contributed by atoms with Gasteiger partial charge in [0.2, 0.25) is 11.8 Å². The molecule has 0 radical (unpaired) electrons. The van der Waals surface area contributed by atoms with Crippen LogP contribution in [-0.4, -0.2) is 50.9 Å². The van der Waals surface area contributed by atoms with Crippen LogP contribution in [0.3, 0.4) is 0 Å². The number of aryl methyl sites for hydroxylation is 1. The second-order valence-corrected chi connectivity index (χ2v) is 11.9. The van der Waals surface area contributed by atoms with Crippen LogP contribution in [0.4, 0.5) is 5.69 Å². The molecule has 0 aliphatic rings. The molecule has 40 heavy (non-hydrogen) atoms. The molecule has 8 nitrogen and oxygen atoms in total. The first kappa shape index (κ1) is 31.0. The van der Waals surface area contributed by atoms with Gasteiger partial charge in [0.05, 0.1) is 17.7 Å². The Hall–Kier alpha value is -3.56. The van der Waals surface area contributed by atoms with Gasteiger partial charge >= 0.3 is 0 Å². The molecule has 0 aliphatic carbocycles. The maximum Gasteiger partial charge on any atom is 0.264 e. The van der Waals surface area contributed by atoms with E-state index in [1.54, 1.807) is 81.6 Å². The molecule has 0 aliphatic heterocycles. The lowest BCUT2D eigenvalue weighted by Gasteiger charge is -2.33. The minimum absolute atomic E-state index is 0.0430. The molecular weight excluding hydrogens is 550 g/mol. The largest absolute Gasteiger partial charge is 0.497 e. The molecule has 10 heteroatoms. The van der Waals surface area contributed by atoms with Crippen LogP contribution < -0.4 is 14.4 Å². The van der Waals surface area contributed by atoms with E-state index in [4.69, 9.17) is 16.3 Å². The first-order valence-corrected chi connectivity index (χ1v) is 14.9. The van der Waals surface area contributed by atoms with Crippen molar-refractivity contribution >= 4 is 39.1 Å². The van der Waals surface area contributed by atoms with E-state index >= 15 is 0 Å². The molecule has 0 saturated heterocycles. The molecule has 0 bridgehead atoms. The third kappa shape index (κ3) is 7.55. The number of hydrogen-bond donors (Lipinski definition) is 1. The summed E-state index contributed by atoms with van der Waals surface area (Å²) in [6.45, 7) is 6.79. The lowest BCUT2D eigenvalue weighted by atomic mass is 10.1. The molecule has 3 rings (SSSR count). The number of sulfonamides is 1. The zero-order chi connectivity index (χ0) is 29.4. The zero-order valence-electron chi connectivity index (χ0n) is 23.4. The summed E-state index contributed by atoms with van der Waals surface area (Å²) in [6, 6.07) is 18.9. The van der Waals surface area contributed by atoms with E-state index in [1.165, 1.54) is 17.0 Å². The number of carbonyl (C=O) groups is 2. The number of nitrogens with one attached hydrogen (secondary N) is 1. The summed E-state index contributed by atoms with van der Waals surface area (Å²) in [6.07, 6.45) is 0.726. The van der Waals surface area contributed by atoms with Crippen molar-refractivity contribution in [3.8, 4) is 5.75 Å². The van der Waals surface area contributed by atoms with Crippen molar-refractivity contribution in [2.75, 3.05) is 18.0 Å². The monoisotopic (exact) mass is 585 g/mol. The van der Waals surface area contributed by atoms with Gasteiger partial charge in [0.25, 0.3) is 10.0 Å². The Balaban J connectivity index is 2.04. The van der Waals surface area contributed by atoms with Crippen molar-refractivity contribution in [2.45, 2.75) is 57.6 Å². The Labute approximate surface area is 241 Å². The van der Waals surface area contributed by atoms with E-state index in [2.05, 4.69) is 5.32 Å². The average molecular weight is 586 g/mol. The molecule has 0 spiro atoms. The molecule has 0 fully saturated rings. The number of ether oxygens (including phenoxy) is 1. The second-order valence-electron chi connectivity index (χ2n) is 9.62. The van der Waals surface area contributed by atoms with Gasteiger partial charge in [-0.25, -0.2) is 8.42 Å². The number of nitrogens with zero attached hydrogens (tertiary/aromatic N) is 2. The van der Waals surface area contributed by atoms with Crippen LogP contribution in [0.1, 0.15) is 38.3 Å². The highest BCUT2D eigenvalue weighted by Crippen LogP contribution is 2.29. The minimum Gasteiger partial charge on any atom is -0.497 e. The number of carbonyl (C=O) groups excluding carboxylic acids is 2. The highest BCUT2D eigenvalue weighted by atomic mass is 35.5. The topological polar surface area (TPSA) is 96.0 Å². The first-order chi connectivity index (χ1) is 19.0. The number of benzene rings is 3. The number of hydrogen-bond acceptors (Lipinski definition) is 5. The quantitative estimate of drug-likeness (QED) is 0.316. The van der Waals surface area contributed by atoms with Crippen molar-refractivity contribution in [1.29, 1.82) is 0 Å². The number of amides is 2. The molecule has 1 N–H and O–H groups in total. The number of methoxy groups -OCH3 is 1. The molecule has 0 heterocycles. The van der Waals surface area contributed by atoms with Gasteiger partial charge in [-0.2, -0.15) is 0 Å². The van der Waals surface area contributed by atoms with Gasteiger partial charge in [-0.3, -0.25) is 13.9 Å². The van der Waals surface area contributed by atoms with Crippen LogP contribution in [-0.2, 0) is 26.2 Å². The lowest BCUT2D eigenvalue weighted by molar-refractivity contribution is -0.139. The van der Waals surface area contributed by atoms with E-state index in [0.717, 1.165) is 16.3 Å². The predicted octanol–water partition coefficient (Wildman–Crippen LogP) is 5.18. The van der Waals surface area contributed by atoms with Crippen molar-refractivity contribution < 1.29 is 22.7 Å². The smallest absolute Gasteiger partial charge is 0.264 e. The standard InChI is InChI=1S/C30H36ClN3O5S/c1-6-22(3)32-30(36)23(4)33(19-24-12-15-26(39-5)16-13-24)29(35)20-34(28-17-14-25(31)18-21(28)2)40(37,38)27-10-8-7-9-11-27/h7-18,22-23H,6,19-20H2,1-5H3,(H,32,36)/t22-,23+/m0/s1. The zero-order valence-corrected chi connectivity index (χ0v) is 25.0. The van der Waals surface area contributed by atoms with Crippen LogP contribution in [0.2, 0.25) is 5.02 Å². The van der Waals surface area contributed by atoms with Crippen LogP contribution in [0, 0.1) is 6.92 Å². The Bertz CT molecular complexity index is 1420. The molecule has 214 valence electrons. The van der Waals surface area contributed by atoms with Gasteiger partial charge in [-0.05, 0) is 80.8 Å². The van der Waals surface area contributed by atoms with Crippen molar-refractivity contribution in [3.63, 3.8) is 0 Å². The highest BCUT2D eigenvalue weighted by Gasteiger charge is 2.33. The third-order valence-corrected chi connectivity index (χ3v) is 8.73. The second kappa shape index (κ2) is 13.7. The summed E-state index contributed by atoms with van der Waals surface area (Å²) in [5.41, 5.74) is 1.67. The van der Waals surface area contributed by atoms with Crippen molar-refractivity contribution in [2.24, 2.45) is 0 Å². The van der Waals surface area contributed by atoms with Crippen LogP contribution in [0.15, 0.2) is 77.7 Å².